The second-order valence-electron chi connectivity index (χ2n) is 4.30. The fourth-order valence-electron chi connectivity index (χ4n) is 2.57. The van der Waals surface area contributed by atoms with Gasteiger partial charge in [-0.15, -0.1) is 0 Å². The van der Waals surface area contributed by atoms with Crippen molar-refractivity contribution < 1.29 is 19.4 Å². The van der Waals surface area contributed by atoms with Gasteiger partial charge in [0.05, 0.1) is 11.3 Å². The van der Waals surface area contributed by atoms with Crippen molar-refractivity contribution in [1.82, 2.24) is 0 Å². The van der Waals surface area contributed by atoms with Crippen LogP contribution >= 0.6 is 0 Å². The molecular weight excluding hydrogens is 220 g/mol. The Kier molecular flexibility index (Phi) is 3.17. The van der Waals surface area contributed by atoms with Gasteiger partial charge < -0.3 is 14.6 Å². The van der Waals surface area contributed by atoms with Crippen LogP contribution in [0.2, 0.25) is 0 Å². The molecule has 0 amide bonds. The molecule has 0 aromatic heterocycles. The number of rotatable bonds is 5. The number of benzene rings is 1. The van der Waals surface area contributed by atoms with Gasteiger partial charge in [-0.05, 0) is 12.0 Å². The number of carboxylic acid groups (broad SMARTS) is 1. The highest BCUT2D eigenvalue weighted by molar-refractivity contribution is 5.77. The zero-order valence-electron chi connectivity index (χ0n) is 9.92. The summed E-state index contributed by atoms with van der Waals surface area (Å²) in [6.45, 7) is 0. The Balaban J connectivity index is 2.37. The number of ether oxygens (including phenoxy) is 2. The number of carboxylic acids is 1. The first-order chi connectivity index (χ1) is 8.16. The second-order valence-corrected chi connectivity index (χ2v) is 4.30. The zero-order valence-corrected chi connectivity index (χ0v) is 9.92. The Morgan fingerprint density at radius 3 is 2.35 bits per heavy atom. The van der Waals surface area contributed by atoms with Crippen molar-refractivity contribution in [2.24, 2.45) is 5.92 Å². The molecule has 4 heteroatoms. The fraction of sp³-hybridized carbons (Fsp3) is 0.462. The molecule has 0 aliphatic heterocycles. The largest absolute Gasteiger partial charge is 0.481 e. The molecule has 2 rings (SSSR count). The van der Waals surface area contributed by atoms with E-state index in [0.717, 1.165) is 5.56 Å². The highest BCUT2D eigenvalue weighted by atomic mass is 16.7. The van der Waals surface area contributed by atoms with E-state index in [2.05, 4.69) is 0 Å². The third kappa shape index (κ3) is 1.83. The molecule has 0 unspecified atom stereocenters. The van der Waals surface area contributed by atoms with E-state index in [9.17, 15) is 9.90 Å². The maximum Gasteiger partial charge on any atom is 0.307 e. The van der Waals surface area contributed by atoms with Crippen LogP contribution in [0.5, 0.6) is 0 Å². The minimum Gasteiger partial charge on any atom is -0.481 e. The van der Waals surface area contributed by atoms with Crippen LogP contribution in [0.15, 0.2) is 30.3 Å². The summed E-state index contributed by atoms with van der Waals surface area (Å²) in [5, 5.41) is 9.18. The van der Waals surface area contributed by atoms with E-state index < -0.39 is 23.6 Å². The molecule has 0 saturated heterocycles. The molecule has 1 aliphatic carbocycles. The van der Waals surface area contributed by atoms with Gasteiger partial charge in [-0.2, -0.15) is 0 Å². The number of hydrogen-bond acceptors (Lipinski definition) is 3. The molecule has 1 aromatic rings. The Bertz CT molecular complexity index is 399. The van der Waals surface area contributed by atoms with E-state index in [1.165, 1.54) is 14.2 Å². The number of carbonyl (C=O) groups is 1. The number of hydrogen-bond donors (Lipinski definition) is 1. The van der Waals surface area contributed by atoms with Crippen LogP contribution in [0.4, 0.5) is 0 Å². The molecule has 0 radical (unpaired) electrons. The van der Waals surface area contributed by atoms with Crippen LogP contribution in [0.1, 0.15) is 12.0 Å². The lowest BCUT2D eigenvalue weighted by atomic mass is 9.92. The Morgan fingerprint density at radius 1 is 1.35 bits per heavy atom. The van der Waals surface area contributed by atoms with E-state index in [4.69, 9.17) is 9.47 Å². The van der Waals surface area contributed by atoms with Gasteiger partial charge in [0.1, 0.15) is 0 Å². The van der Waals surface area contributed by atoms with E-state index in [0.29, 0.717) is 6.42 Å². The third-order valence-electron chi connectivity index (χ3n) is 3.46. The molecule has 0 heterocycles. The van der Waals surface area contributed by atoms with Crippen LogP contribution < -0.4 is 0 Å². The summed E-state index contributed by atoms with van der Waals surface area (Å²) in [5.41, 5.74) is 0.414. The molecule has 1 N–H and O–H groups in total. The van der Waals surface area contributed by atoms with Gasteiger partial charge in [-0.3, -0.25) is 4.79 Å². The maximum absolute atomic E-state index is 11.2. The Hall–Kier alpha value is -1.39. The van der Waals surface area contributed by atoms with E-state index in [1.54, 1.807) is 0 Å². The van der Waals surface area contributed by atoms with Gasteiger partial charge in [-0.1, -0.05) is 30.3 Å². The van der Waals surface area contributed by atoms with Crippen molar-refractivity contribution in [1.29, 1.82) is 0 Å². The Labute approximate surface area is 100 Å². The summed E-state index contributed by atoms with van der Waals surface area (Å²) < 4.78 is 10.6. The van der Waals surface area contributed by atoms with Gasteiger partial charge in [-0.25, -0.2) is 0 Å². The molecule has 1 aliphatic rings. The minimum atomic E-state index is -0.798. The van der Waals surface area contributed by atoms with Gasteiger partial charge in [0, 0.05) is 14.2 Å². The standard InChI is InChI=1S/C13H16O4/c1-16-12(17-2)13(8-10(13)11(14)15)9-6-4-3-5-7-9/h3-7,10,12H,8H2,1-2H3,(H,14,15)/t10-,13+/m0/s1. The lowest BCUT2D eigenvalue weighted by Gasteiger charge is -2.25. The highest BCUT2D eigenvalue weighted by Crippen LogP contribution is 2.57. The lowest BCUT2D eigenvalue weighted by Crippen LogP contribution is -2.33. The lowest BCUT2D eigenvalue weighted by molar-refractivity contribution is -0.148. The predicted octanol–water partition coefficient (Wildman–Crippen LogP) is 1.65. The van der Waals surface area contributed by atoms with E-state index >= 15 is 0 Å². The molecule has 0 spiro atoms. The third-order valence-corrected chi connectivity index (χ3v) is 3.46. The van der Waals surface area contributed by atoms with Crippen molar-refractivity contribution >= 4 is 5.97 Å². The summed E-state index contributed by atoms with van der Waals surface area (Å²) in [4.78, 5) is 11.2. The van der Waals surface area contributed by atoms with Crippen molar-refractivity contribution in [3.05, 3.63) is 35.9 Å². The van der Waals surface area contributed by atoms with Crippen LogP contribution in [-0.2, 0) is 19.7 Å². The molecule has 4 nitrogen and oxygen atoms in total. The van der Waals surface area contributed by atoms with Crippen LogP contribution in [0.3, 0.4) is 0 Å². The molecule has 0 bridgehead atoms. The normalized spacial score (nSPS) is 27.1. The molecular formula is C13H16O4. The first kappa shape index (κ1) is 12.1. The number of aliphatic carboxylic acids is 1. The van der Waals surface area contributed by atoms with Crippen molar-refractivity contribution in [3.8, 4) is 0 Å². The Morgan fingerprint density at radius 2 is 1.94 bits per heavy atom. The highest BCUT2D eigenvalue weighted by Gasteiger charge is 2.65. The fourth-order valence-corrected chi connectivity index (χ4v) is 2.57. The zero-order chi connectivity index (χ0) is 12.5. The average molecular weight is 236 g/mol. The predicted molar refractivity (Wildman–Crippen MR) is 61.7 cm³/mol. The quantitative estimate of drug-likeness (QED) is 0.790. The van der Waals surface area contributed by atoms with E-state index in [1.807, 2.05) is 30.3 Å². The van der Waals surface area contributed by atoms with Gasteiger partial charge in [0.25, 0.3) is 0 Å². The second kappa shape index (κ2) is 4.47. The SMILES string of the molecule is COC(OC)[C@@]1(c2ccccc2)C[C@H]1C(=O)O. The summed E-state index contributed by atoms with van der Waals surface area (Å²) in [6, 6.07) is 9.55. The first-order valence-corrected chi connectivity index (χ1v) is 5.50. The first-order valence-electron chi connectivity index (χ1n) is 5.50. The van der Waals surface area contributed by atoms with E-state index in [-0.39, 0.29) is 0 Å². The monoisotopic (exact) mass is 236 g/mol. The average Bonchev–Trinajstić information content (AvgIpc) is 3.09. The summed E-state index contributed by atoms with van der Waals surface area (Å²) >= 11 is 0. The van der Waals surface area contributed by atoms with Gasteiger partial charge >= 0.3 is 5.97 Å². The number of methoxy groups -OCH3 is 2. The van der Waals surface area contributed by atoms with Gasteiger partial charge in [0.2, 0.25) is 0 Å². The summed E-state index contributed by atoms with van der Waals surface area (Å²) in [5.74, 6) is -1.23. The molecule has 17 heavy (non-hydrogen) atoms. The maximum atomic E-state index is 11.2. The van der Waals surface area contributed by atoms with Crippen LogP contribution in [-0.4, -0.2) is 31.6 Å². The summed E-state index contributed by atoms with van der Waals surface area (Å²) in [6.07, 6.45) is 0.0320. The van der Waals surface area contributed by atoms with Crippen LogP contribution in [0, 0.1) is 5.92 Å². The minimum absolute atomic E-state index is 0.435. The van der Waals surface area contributed by atoms with Crippen molar-refractivity contribution in [2.45, 2.75) is 18.1 Å². The van der Waals surface area contributed by atoms with Crippen molar-refractivity contribution in [2.75, 3.05) is 14.2 Å². The van der Waals surface area contributed by atoms with Crippen molar-refractivity contribution in [3.63, 3.8) is 0 Å². The van der Waals surface area contributed by atoms with Crippen LogP contribution in [0.25, 0.3) is 0 Å². The molecule has 2 atom stereocenters. The topological polar surface area (TPSA) is 55.8 Å². The summed E-state index contributed by atoms with van der Waals surface area (Å²) in [7, 11) is 3.08. The smallest absolute Gasteiger partial charge is 0.307 e. The molecule has 1 saturated carbocycles. The molecule has 1 aromatic carbocycles. The molecule has 1 fully saturated rings. The van der Waals surface area contributed by atoms with Gasteiger partial charge in [0.15, 0.2) is 6.29 Å². The molecule has 92 valence electrons.